The number of aromatic nitrogens is 1. The Morgan fingerprint density at radius 2 is 2.20 bits per heavy atom. The third kappa shape index (κ3) is 1.51. The van der Waals surface area contributed by atoms with E-state index in [2.05, 4.69) is 22.6 Å². The number of thiol groups is 1. The van der Waals surface area contributed by atoms with Crippen LogP contribution in [0.25, 0.3) is 0 Å². The lowest BCUT2D eigenvalue weighted by atomic mass is 10.5. The van der Waals surface area contributed by atoms with Gasteiger partial charge in [-0.15, -0.1) is 0 Å². The van der Waals surface area contributed by atoms with Crippen molar-refractivity contribution in [1.82, 2.24) is 3.97 Å². The molecule has 0 bridgehead atoms. The van der Waals surface area contributed by atoms with Gasteiger partial charge in [-0.3, -0.25) is 3.97 Å². The first-order valence-corrected chi connectivity index (χ1v) is 4.81. The Labute approximate surface area is 74.3 Å². The summed E-state index contributed by atoms with van der Waals surface area (Å²) >= 11 is 2.07. The first-order valence-electron chi connectivity index (χ1n) is 2.60. The van der Waals surface area contributed by atoms with Crippen molar-refractivity contribution in [2.45, 2.75) is 6.92 Å². The van der Waals surface area contributed by atoms with E-state index in [1.807, 2.05) is 6.07 Å². The summed E-state index contributed by atoms with van der Waals surface area (Å²) in [6.45, 7) is 1.76. The number of hydrogen-bond donors (Lipinski definition) is 1. The van der Waals surface area contributed by atoms with Crippen LogP contribution in [0.5, 0.6) is 0 Å². The van der Waals surface area contributed by atoms with Crippen molar-refractivity contribution in [2.75, 3.05) is 0 Å². The van der Waals surface area contributed by atoms with E-state index >= 15 is 0 Å². The first-order chi connectivity index (χ1) is 4.61. The van der Waals surface area contributed by atoms with E-state index in [0.29, 0.717) is 0 Å². The number of hydrogen-bond acceptors (Lipinski definition) is 2. The maximum atomic E-state index is 10.4. The number of nitrogens with zero attached hydrogens (tertiary/aromatic N) is 1. The molecule has 0 amide bonds. The van der Waals surface area contributed by atoms with Crippen LogP contribution in [0.15, 0.2) is 12.3 Å². The van der Waals surface area contributed by atoms with Gasteiger partial charge in [-0.2, -0.15) is 0 Å². The molecule has 0 atom stereocenters. The molecule has 10 heavy (non-hydrogen) atoms. The van der Waals surface area contributed by atoms with Crippen LogP contribution in [0.1, 0.15) is 5.69 Å². The molecule has 0 aliphatic carbocycles. The molecule has 0 saturated carbocycles. The number of aryl methyl sites for hydroxylation is 1. The van der Waals surface area contributed by atoms with Crippen molar-refractivity contribution in [2.24, 2.45) is 0 Å². The van der Waals surface area contributed by atoms with Gasteiger partial charge in [-0.05, 0) is 35.6 Å². The topological polar surface area (TPSA) is 39.1 Å². The van der Waals surface area contributed by atoms with Gasteiger partial charge in [-0.25, -0.2) is 8.42 Å². The minimum atomic E-state index is -2.48. The molecule has 0 saturated heterocycles. The molecule has 3 nitrogen and oxygen atoms in total. The van der Waals surface area contributed by atoms with Gasteiger partial charge in [0.05, 0.1) is 0 Å². The molecule has 0 spiro atoms. The quantitative estimate of drug-likeness (QED) is 0.605. The van der Waals surface area contributed by atoms with E-state index in [1.165, 1.54) is 3.97 Å². The molecule has 1 heterocycles. The van der Waals surface area contributed by atoms with E-state index in [4.69, 9.17) is 0 Å². The maximum Gasteiger partial charge on any atom is 0.228 e. The first kappa shape index (κ1) is 8.06. The molecular weight excluding hydrogens is 265 g/mol. The maximum absolute atomic E-state index is 10.4. The van der Waals surface area contributed by atoms with Gasteiger partial charge < -0.3 is 0 Å². The summed E-state index contributed by atoms with van der Waals surface area (Å²) in [4.78, 5) is 0. The minimum Gasteiger partial charge on any atom is -0.251 e. The number of rotatable bonds is 1. The Morgan fingerprint density at radius 1 is 1.60 bits per heavy atom. The smallest absolute Gasteiger partial charge is 0.228 e. The van der Waals surface area contributed by atoms with Crippen molar-refractivity contribution in [3.8, 4) is 0 Å². The van der Waals surface area contributed by atoms with Crippen molar-refractivity contribution < 1.29 is 8.42 Å². The van der Waals surface area contributed by atoms with Crippen LogP contribution < -0.4 is 0 Å². The van der Waals surface area contributed by atoms with Crippen LogP contribution in [0.2, 0.25) is 0 Å². The van der Waals surface area contributed by atoms with Crippen LogP contribution in [-0.2, 0) is 10.9 Å². The molecule has 56 valence electrons. The van der Waals surface area contributed by atoms with E-state index in [0.717, 1.165) is 9.26 Å². The molecule has 0 N–H and O–H groups in total. The molecule has 0 aliphatic heterocycles. The average molecular weight is 271 g/mol. The lowest BCUT2D eigenvalue weighted by molar-refractivity contribution is 0.606. The summed E-state index contributed by atoms with van der Waals surface area (Å²) in [5.74, 6) is 0. The molecule has 0 fully saturated rings. The predicted molar refractivity (Wildman–Crippen MR) is 47.6 cm³/mol. The second kappa shape index (κ2) is 2.91. The van der Waals surface area contributed by atoms with Crippen molar-refractivity contribution in [1.29, 1.82) is 0 Å². The second-order valence-corrected chi connectivity index (χ2v) is 4.03. The zero-order valence-electron chi connectivity index (χ0n) is 5.24. The van der Waals surface area contributed by atoms with Crippen molar-refractivity contribution in [3.63, 3.8) is 0 Å². The van der Waals surface area contributed by atoms with E-state index in [9.17, 15) is 8.42 Å². The van der Waals surface area contributed by atoms with Gasteiger partial charge in [0.25, 0.3) is 0 Å². The van der Waals surface area contributed by atoms with E-state index in [-0.39, 0.29) is 0 Å². The zero-order chi connectivity index (χ0) is 7.72. The molecule has 5 heteroatoms. The van der Waals surface area contributed by atoms with E-state index < -0.39 is 10.9 Å². The van der Waals surface area contributed by atoms with Crippen molar-refractivity contribution >= 4 is 33.5 Å². The fourth-order valence-corrected chi connectivity index (χ4v) is 2.18. The monoisotopic (exact) mass is 271 g/mol. The minimum absolute atomic E-state index is 0.750. The highest BCUT2D eigenvalue weighted by Crippen LogP contribution is 2.08. The van der Waals surface area contributed by atoms with Gasteiger partial charge in [0.1, 0.15) is 0 Å². The SMILES string of the molecule is Cc1cc(I)cn1[SH](=O)=O. The Bertz CT molecular complexity index is 307. The van der Waals surface area contributed by atoms with Crippen LogP contribution in [-0.4, -0.2) is 12.4 Å². The summed E-state index contributed by atoms with van der Waals surface area (Å²) < 4.78 is 23.0. The lowest BCUT2D eigenvalue weighted by Crippen LogP contribution is -1.94. The summed E-state index contributed by atoms with van der Waals surface area (Å²) in [7, 11) is -2.48. The largest absolute Gasteiger partial charge is 0.251 e. The Hall–Kier alpha value is -0.0400. The third-order valence-corrected chi connectivity index (χ3v) is 2.50. The molecule has 1 aromatic rings. The highest BCUT2D eigenvalue weighted by Gasteiger charge is 1.98. The standard InChI is InChI=1S/C5H6INO2S/c1-4-2-5(6)3-7(4)10(8)9/h2-3,10H,1H3. The number of halogens is 1. The second-order valence-electron chi connectivity index (χ2n) is 1.88. The third-order valence-electron chi connectivity index (χ3n) is 1.13. The van der Waals surface area contributed by atoms with Crippen LogP contribution in [0, 0.1) is 10.5 Å². The Morgan fingerprint density at radius 3 is 2.40 bits per heavy atom. The van der Waals surface area contributed by atoms with E-state index in [1.54, 1.807) is 13.1 Å². The van der Waals surface area contributed by atoms with Gasteiger partial charge in [0, 0.05) is 15.5 Å². The van der Waals surface area contributed by atoms with Gasteiger partial charge >= 0.3 is 0 Å². The molecule has 0 aromatic carbocycles. The van der Waals surface area contributed by atoms with Gasteiger partial charge in [-0.1, -0.05) is 0 Å². The van der Waals surface area contributed by atoms with Crippen LogP contribution in [0.4, 0.5) is 0 Å². The molecular formula is C5H6INO2S. The summed E-state index contributed by atoms with van der Waals surface area (Å²) in [6, 6.07) is 1.81. The predicted octanol–water partition coefficient (Wildman–Crippen LogP) is 0.776. The molecule has 0 aliphatic rings. The zero-order valence-corrected chi connectivity index (χ0v) is 8.30. The van der Waals surface area contributed by atoms with Crippen LogP contribution in [0.3, 0.4) is 0 Å². The molecule has 1 rings (SSSR count). The lowest BCUT2D eigenvalue weighted by Gasteiger charge is -1.90. The Kier molecular flexibility index (Phi) is 2.35. The average Bonchev–Trinajstić information content (AvgIpc) is 2.10. The molecule has 1 aromatic heterocycles. The highest BCUT2D eigenvalue weighted by atomic mass is 127. The fourth-order valence-electron chi connectivity index (χ4n) is 0.698. The summed E-state index contributed by atoms with van der Waals surface area (Å²) in [5.41, 5.74) is 0.750. The normalized spacial score (nSPS) is 10.7. The van der Waals surface area contributed by atoms with Crippen LogP contribution >= 0.6 is 22.6 Å². The van der Waals surface area contributed by atoms with Crippen molar-refractivity contribution in [3.05, 3.63) is 21.5 Å². The fraction of sp³-hybridized carbons (Fsp3) is 0.200. The summed E-state index contributed by atoms with van der Waals surface area (Å²) in [5, 5.41) is 0. The Balaban J connectivity index is 3.28. The molecule has 0 unspecified atom stereocenters. The highest BCUT2D eigenvalue weighted by molar-refractivity contribution is 14.1. The van der Waals surface area contributed by atoms with Gasteiger partial charge in [0.2, 0.25) is 10.9 Å². The summed E-state index contributed by atoms with van der Waals surface area (Å²) in [6.07, 6.45) is 1.58. The molecule has 0 radical (unpaired) electrons. The van der Waals surface area contributed by atoms with Gasteiger partial charge in [0.15, 0.2) is 0 Å².